The summed E-state index contributed by atoms with van der Waals surface area (Å²) in [6, 6.07) is 4.13. The molecular weight excluding hydrogens is 788 g/mol. The molecule has 2 aliphatic carbocycles. The highest BCUT2D eigenvalue weighted by Crippen LogP contribution is 2.47. The SMILES string of the molecule is CCOc1cnc(OC2CC3C(=O)NC4(C(=O)NS(=O)(=O)C5(C)CC5)CC4C=CCCC(C)OC(C)C(NC(=O)OC(C)(C)C(F)(F)F)C(=O)N3C2)c2ccccc12. The largest absolute Gasteiger partial charge is 0.492 e. The first-order valence-corrected chi connectivity index (χ1v) is 20.8. The monoisotopic (exact) mass is 837 g/mol. The van der Waals surface area contributed by atoms with Gasteiger partial charge in [-0.3, -0.25) is 19.1 Å². The average Bonchev–Trinajstić information content (AvgIpc) is 4.02. The molecule has 7 unspecified atom stereocenters. The first kappa shape index (κ1) is 42.9. The maximum atomic E-state index is 14.7. The summed E-state index contributed by atoms with van der Waals surface area (Å²) in [5.41, 5.74) is -4.60. The number of benzene rings is 1. The molecule has 19 heteroatoms. The van der Waals surface area contributed by atoms with Crippen LogP contribution in [0.1, 0.15) is 80.1 Å². The van der Waals surface area contributed by atoms with Crippen molar-refractivity contribution in [2.75, 3.05) is 13.2 Å². The summed E-state index contributed by atoms with van der Waals surface area (Å²) in [7, 11) is -4.09. The van der Waals surface area contributed by atoms with E-state index in [4.69, 9.17) is 18.9 Å². The zero-order chi connectivity index (χ0) is 42.4. The molecule has 15 nitrogen and oxygen atoms in total. The molecule has 4 amide bonds. The van der Waals surface area contributed by atoms with Gasteiger partial charge in [0.1, 0.15) is 29.5 Å². The van der Waals surface area contributed by atoms with Crippen LogP contribution in [-0.4, -0.2) is 108 Å². The number of pyridine rings is 1. The van der Waals surface area contributed by atoms with Gasteiger partial charge < -0.3 is 34.5 Å². The number of alkyl halides is 3. The van der Waals surface area contributed by atoms with Crippen LogP contribution in [0, 0.1) is 5.92 Å². The van der Waals surface area contributed by atoms with Crippen LogP contribution < -0.4 is 24.8 Å². The molecule has 318 valence electrons. The Balaban J connectivity index is 1.36. The van der Waals surface area contributed by atoms with Crippen LogP contribution in [-0.2, 0) is 33.9 Å². The van der Waals surface area contributed by atoms with Crippen molar-refractivity contribution >= 4 is 44.6 Å². The topological polar surface area (TPSA) is 192 Å². The standard InChI is InChI=1S/C39H50F3N5O10S/c1-7-54-29-20-43-32(27-15-11-10-14-26(27)29)56-25-18-28-31(48)45-38(34(50)46-58(52,53)37(6)16-17-37)19-24(38)13-9-8-12-22(2)55-23(3)30(33(49)47(28)21-25)44-35(51)57-36(4,5)39(40,41)42/h9-11,13-15,20,22-25,28,30H,7-8,12,16-19,21H2,1-6H3,(H,44,51)(H,45,48)(H,46,50). The Labute approximate surface area is 334 Å². The third kappa shape index (κ3) is 8.70. The Kier molecular flexibility index (Phi) is 11.7. The number of carbonyl (C=O) groups is 4. The minimum absolute atomic E-state index is 0.0735. The molecule has 2 aromatic rings. The van der Waals surface area contributed by atoms with Gasteiger partial charge in [0.05, 0.1) is 36.3 Å². The van der Waals surface area contributed by atoms with Crippen LogP contribution in [0.15, 0.2) is 42.6 Å². The van der Waals surface area contributed by atoms with Crippen LogP contribution in [0.25, 0.3) is 10.8 Å². The maximum absolute atomic E-state index is 14.7. The number of hydrogen-bond acceptors (Lipinski definition) is 11. The molecule has 3 fully saturated rings. The Hall–Kier alpha value is -4.65. The Bertz CT molecular complexity index is 2080. The Morgan fingerprint density at radius 3 is 2.47 bits per heavy atom. The number of sulfonamides is 1. The summed E-state index contributed by atoms with van der Waals surface area (Å²) in [6.45, 7) is 7.97. The predicted octanol–water partition coefficient (Wildman–Crippen LogP) is 4.43. The molecule has 1 saturated heterocycles. The van der Waals surface area contributed by atoms with Crippen molar-refractivity contribution in [3.05, 3.63) is 42.6 Å². The van der Waals surface area contributed by atoms with E-state index < -0.39 is 92.2 Å². The van der Waals surface area contributed by atoms with E-state index in [2.05, 4.69) is 20.3 Å². The zero-order valence-electron chi connectivity index (χ0n) is 33.2. The van der Waals surface area contributed by atoms with Crippen molar-refractivity contribution in [1.29, 1.82) is 0 Å². The normalized spacial score (nSPS) is 28.9. The molecule has 0 spiro atoms. The predicted molar refractivity (Wildman–Crippen MR) is 203 cm³/mol. The van der Waals surface area contributed by atoms with E-state index in [9.17, 15) is 40.8 Å². The second-order valence-corrected chi connectivity index (χ2v) is 18.4. The number of carbonyl (C=O) groups excluding carboxylic acids is 4. The van der Waals surface area contributed by atoms with Gasteiger partial charge in [0, 0.05) is 23.1 Å². The average molecular weight is 838 g/mol. The summed E-state index contributed by atoms with van der Waals surface area (Å²) < 4.78 is 91.5. The van der Waals surface area contributed by atoms with Crippen LogP contribution in [0.3, 0.4) is 0 Å². The highest BCUT2D eigenvalue weighted by Gasteiger charge is 2.63. The van der Waals surface area contributed by atoms with Crippen molar-refractivity contribution in [3.63, 3.8) is 0 Å². The third-order valence-corrected chi connectivity index (χ3v) is 13.5. The fourth-order valence-corrected chi connectivity index (χ4v) is 8.53. The van der Waals surface area contributed by atoms with Crippen molar-refractivity contribution in [2.24, 2.45) is 5.92 Å². The number of ether oxygens (including phenoxy) is 4. The summed E-state index contributed by atoms with van der Waals surface area (Å²) in [5.74, 6) is -2.55. The van der Waals surface area contributed by atoms with E-state index in [1.165, 1.54) is 20.0 Å². The molecule has 2 aliphatic heterocycles. The number of rotatable bonds is 9. The number of amides is 4. The summed E-state index contributed by atoms with van der Waals surface area (Å²) in [4.78, 5) is 61.7. The summed E-state index contributed by atoms with van der Waals surface area (Å²) in [6.07, 6.45) is -2.61. The minimum Gasteiger partial charge on any atom is -0.492 e. The molecule has 6 rings (SSSR count). The molecule has 3 N–H and O–H groups in total. The van der Waals surface area contributed by atoms with Gasteiger partial charge in [0.2, 0.25) is 33.3 Å². The minimum atomic E-state index is -4.94. The van der Waals surface area contributed by atoms with Crippen molar-refractivity contribution in [2.45, 2.75) is 133 Å². The van der Waals surface area contributed by atoms with Gasteiger partial charge in [-0.25, -0.2) is 18.2 Å². The van der Waals surface area contributed by atoms with E-state index in [0.29, 0.717) is 62.7 Å². The van der Waals surface area contributed by atoms with E-state index in [-0.39, 0.29) is 25.3 Å². The van der Waals surface area contributed by atoms with Crippen molar-refractivity contribution in [3.8, 4) is 11.6 Å². The fraction of sp³-hybridized carbons (Fsp3) is 0.615. The van der Waals surface area contributed by atoms with Crippen LogP contribution >= 0.6 is 0 Å². The molecule has 1 aromatic heterocycles. The van der Waals surface area contributed by atoms with Gasteiger partial charge in [-0.05, 0) is 79.7 Å². The van der Waals surface area contributed by atoms with Gasteiger partial charge in [0.15, 0.2) is 0 Å². The number of nitrogens with zero attached hydrogens (tertiary/aromatic N) is 2. The van der Waals surface area contributed by atoms with Crippen molar-refractivity contribution < 1.29 is 59.7 Å². The van der Waals surface area contributed by atoms with E-state index >= 15 is 0 Å². The van der Waals surface area contributed by atoms with E-state index in [1.807, 2.05) is 19.1 Å². The van der Waals surface area contributed by atoms with Gasteiger partial charge in [-0.1, -0.05) is 30.4 Å². The number of nitrogens with one attached hydrogen (secondary N) is 3. The number of allylic oxidation sites excluding steroid dienone is 1. The fourth-order valence-electron chi connectivity index (χ4n) is 7.21. The number of aromatic nitrogens is 1. The first-order valence-electron chi connectivity index (χ1n) is 19.4. The lowest BCUT2D eigenvalue weighted by molar-refractivity contribution is -0.244. The maximum Gasteiger partial charge on any atom is 0.427 e. The summed E-state index contributed by atoms with van der Waals surface area (Å²) in [5, 5.41) is 6.29. The van der Waals surface area contributed by atoms with Crippen LogP contribution in [0.4, 0.5) is 18.0 Å². The number of hydrogen-bond donors (Lipinski definition) is 3. The van der Waals surface area contributed by atoms with Gasteiger partial charge in [0.25, 0.3) is 5.91 Å². The van der Waals surface area contributed by atoms with Crippen molar-refractivity contribution in [1.82, 2.24) is 25.2 Å². The second kappa shape index (κ2) is 15.8. The molecule has 3 heterocycles. The first-order chi connectivity index (χ1) is 27.1. The number of halogens is 3. The lowest BCUT2D eigenvalue weighted by Crippen LogP contribution is -2.60. The Morgan fingerprint density at radius 1 is 1.12 bits per heavy atom. The lowest BCUT2D eigenvalue weighted by atomic mass is 10.1. The van der Waals surface area contributed by atoms with Gasteiger partial charge >= 0.3 is 12.3 Å². The quantitative estimate of drug-likeness (QED) is 0.303. The smallest absolute Gasteiger partial charge is 0.427 e. The number of fused-ring (bicyclic) bond motifs is 3. The second-order valence-electron chi connectivity index (χ2n) is 16.2. The highest BCUT2D eigenvalue weighted by atomic mass is 32.2. The summed E-state index contributed by atoms with van der Waals surface area (Å²) >= 11 is 0. The molecule has 0 radical (unpaired) electrons. The van der Waals surface area contributed by atoms with Crippen LogP contribution in [0.5, 0.6) is 11.6 Å². The van der Waals surface area contributed by atoms with Gasteiger partial charge in [-0.15, -0.1) is 0 Å². The molecule has 1 aromatic carbocycles. The van der Waals surface area contributed by atoms with Gasteiger partial charge in [-0.2, -0.15) is 13.2 Å². The van der Waals surface area contributed by atoms with E-state index in [0.717, 1.165) is 4.90 Å². The van der Waals surface area contributed by atoms with E-state index in [1.54, 1.807) is 31.2 Å². The molecular formula is C39H50F3N5O10S. The molecule has 58 heavy (non-hydrogen) atoms. The molecule has 7 atom stereocenters. The molecule has 0 bridgehead atoms. The Morgan fingerprint density at radius 2 is 1.81 bits per heavy atom. The van der Waals surface area contributed by atoms with Crippen LogP contribution in [0.2, 0.25) is 0 Å². The molecule has 4 aliphatic rings. The molecule has 2 saturated carbocycles. The lowest BCUT2D eigenvalue weighted by Gasteiger charge is -2.34. The number of alkyl carbamates (subject to hydrolysis) is 1. The highest BCUT2D eigenvalue weighted by molar-refractivity contribution is 7.91. The zero-order valence-corrected chi connectivity index (χ0v) is 34.0. The third-order valence-electron chi connectivity index (χ3n) is 11.3.